The zero-order chi connectivity index (χ0) is 20.3. The highest BCUT2D eigenvalue weighted by atomic mass is 32.2. The molecule has 0 heterocycles. The number of carbonyl (C=O) groups excluding carboxylic acids is 2. The van der Waals surface area contributed by atoms with Crippen molar-refractivity contribution in [2.45, 2.75) is 11.3 Å². The van der Waals surface area contributed by atoms with E-state index >= 15 is 0 Å². The quantitative estimate of drug-likeness (QED) is 0.508. The number of carbonyl (C=O) groups is 2. The molecule has 1 aliphatic rings. The van der Waals surface area contributed by atoms with Crippen LogP contribution in [0.15, 0.2) is 64.8 Å². The lowest BCUT2D eigenvalue weighted by Crippen LogP contribution is -2.33. The van der Waals surface area contributed by atoms with Gasteiger partial charge in [-0.05, 0) is 30.7 Å². The Morgan fingerprint density at radius 1 is 0.893 bits per heavy atom. The van der Waals surface area contributed by atoms with E-state index in [2.05, 4.69) is 10.6 Å². The van der Waals surface area contributed by atoms with Crippen molar-refractivity contribution in [3.8, 4) is 0 Å². The molecule has 0 spiro atoms. The van der Waals surface area contributed by atoms with Gasteiger partial charge >= 0.3 is 0 Å². The fourth-order valence-electron chi connectivity index (χ4n) is 2.83. The summed E-state index contributed by atoms with van der Waals surface area (Å²) in [5.74, 6) is -0.700. The van der Waals surface area contributed by atoms with Crippen LogP contribution in [0.25, 0.3) is 0 Å². The predicted octanol–water partition coefficient (Wildman–Crippen LogP) is 1.01. The Labute approximate surface area is 162 Å². The number of rotatable bonds is 7. The van der Waals surface area contributed by atoms with E-state index in [4.69, 9.17) is 10.2 Å². The standard InChI is InChI=1S/C19H19N3O5S/c20-28(26,27)13-8-6-12(7-9-13)22-17-16(21-10-3-11-23)18(24)14-4-1-2-5-15(14)19(17)25/h1-2,4-9,21-23H,3,10-11H2,(H2,20,26,27). The van der Waals surface area contributed by atoms with Crippen LogP contribution >= 0.6 is 0 Å². The van der Waals surface area contributed by atoms with Crippen molar-refractivity contribution in [1.29, 1.82) is 0 Å². The first-order valence-corrected chi connectivity index (χ1v) is 10.0. The number of aliphatic hydroxyl groups excluding tert-OH is 1. The topological polar surface area (TPSA) is 139 Å². The van der Waals surface area contributed by atoms with Gasteiger partial charge in [0.15, 0.2) is 0 Å². The molecule has 0 bridgehead atoms. The molecule has 0 radical (unpaired) electrons. The molecule has 5 N–H and O–H groups in total. The van der Waals surface area contributed by atoms with Crippen molar-refractivity contribution in [3.63, 3.8) is 0 Å². The third-order valence-electron chi connectivity index (χ3n) is 4.21. The normalized spacial score (nSPS) is 14.1. The Morgan fingerprint density at radius 2 is 1.46 bits per heavy atom. The molecule has 1 aliphatic carbocycles. The van der Waals surface area contributed by atoms with Gasteiger partial charge in [-0.2, -0.15) is 0 Å². The number of primary sulfonamides is 1. The van der Waals surface area contributed by atoms with Crippen LogP contribution in [0.4, 0.5) is 5.69 Å². The smallest absolute Gasteiger partial charge is 0.238 e. The number of benzene rings is 2. The first kappa shape index (κ1) is 19.7. The van der Waals surface area contributed by atoms with Gasteiger partial charge in [0.25, 0.3) is 0 Å². The van der Waals surface area contributed by atoms with Crippen LogP contribution in [0.5, 0.6) is 0 Å². The number of hydrogen-bond acceptors (Lipinski definition) is 7. The molecular weight excluding hydrogens is 382 g/mol. The van der Waals surface area contributed by atoms with E-state index in [-0.39, 0.29) is 40.0 Å². The van der Waals surface area contributed by atoms with Gasteiger partial charge in [0.05, 0.1) is 4.90 Å². The number of nitrogens with two attached hydrogens (primary N) is 1. The molecule has 0 saturated heterocycles. The molecular formula is C19H19N3O5S. The highest BCUT2D eigenvalue weighted by molar-refractivity contribution is 7.89. The second-order valence-corrected chi connectivity index (χ2v) is 7.71. The summed E-state index contributed by atoms with van der Waals surface area (Å²) in [6.45, 7) is 0.249. The van der Waals surface area contributed by atoms with Crippen molar-refractivity contribution >= 4 is 27.3 Å². The van der Waals surface area contributed by atoms with Crippen LogP contribution < -0.4 is 15.8 Å². The Morgan fingerprint density at radius 3 is 2.00 bits per heavy atom. The summed E-state index contributed by atoms with van der Waals surface area (Å²) >= 11 is 0. The zero-order valence-electron chi connectivity index (χ0n) is 14.8. The van der Waals surface area contributed by atoms with E-state index in [1.54, 1.807) is 24.3 Å². The molecule has 2 aromatic carbocycles. The SMILES string of the molecule is NS(=O)(=O)c1ccc(NC2=C(NCCCO)C(=O)c3ccccc3C2=O)cc1. The van der Waals surface area contributed by atoms with Crippen molar-refractivity contribution in [3.05, 3.63) is 71.1 Å². The van der Waals surface area contributed by atoms with Crippen LogP contribution in [0.3, 0.4) is 0 Å². The second-order valence-electron chi connectivity index (χ2n) is 6.15. The molecule has 0 atom stereocenters. The van der Waals surface area contributed by atoms with E-state index < -0.39 is 10.0 Å². The molecule has 0 aliphatic heterocycles. The minimum Gasteiger partial charge on any atom is -0.396 e. The summed E-state index contributed by atoms with van der Waals surface area (Å²) in [4.78, 5) is 25.8. The number of aliphatic hydroxyl groups is 1. The lowest BCUT2D eigenvalue weighted by atomic mass is 9.90. The number of sulfonamides is 1. The second kappa shape index (κ2) is 7.93. The minimum atomic E-state index is -3.83. The molecule has 146 valence electrons. The molecule has 2 aromatic rings. The van der Waals surface area contributed by atoms with Crippen LogP contribution in [0.1, 0.15) is 27.1 Å². The van der Waals surface area contributed by atoms with Gasteiger partial charge in [0.1, 0.15) is 11.4 Å². The van der Waals surface area contributed by atoms with E-state index in [0.29, 0.717) is 24.2 Å². The monoisotopic (exact) mass is 401 g/mol. The van der Waals surface area contributed by atoms with Gasteiger partial charge < -0.3 is 15.7 Å². The number of nitrogens with one attached hydrogen (secondary N) is 2. The van der Waals surface area contributed by atoms with Gasteiger partial charge in [-0.15, -0.1) is 0 Å². The van der Waals surface area contributed by atoms with Crippen LogP contribution in [-0.2, 0) is 10.0 Å². The van der Waals surface area contributed by atoms with Gasteiger partial charge in [-0.3, -0.25) is 9.59 Å². The number of hydrogen-bond donors (Lipinski definition) is 4. The summed E-state index contributed by atoms with van der Waals surface area (Å²) in [6, 6.07) is 12.0. The van der Waals surface area contributed by atoms with E-state index in [0.717, 1.165) is 0 Å². The Balaban J connectivity index is 1.99. The molecule has 0 amide bonds. The average molecular weight is 401 g/mol. The van der Waals surface area contributed by atoms with E-state index in [9.17, 15) is 18.0 Å². The van der Waals surface area contributed by atoms with Crippen molar-refractivity contribution in [1.82, 2.24) is 5.32 Å². The van der Waals surface area contributed by atoms with Crippen LogP contribution in [0.2, 0.25) is 0 Å². The average Bonchev–Trinajstić information content (AvgIpc) is 2.68. The first-order valence-electron chi connectivity index (χ1n) is 8.50. The largest absolute Gasteiger partial charge is 0.396 e. The van der Waals surface area contributed by atoms with Crippen LogP contribution in [-0.4, -0.2) is 38.2 Å². The lowest BCUT2D eigenvalue weighted by Gasteiger charge is -2.23. The molecule has 8 nitrogen and oxygen atoms in total. The number of fused-ring (bicyclic) bond motifs is 1. The van der Waals surface area contributed by atoms with Gasteiger partial charge in [-0.1, -0.05) is 24.3 Å². The van der Waals surface area contributed by atoms with Crippen LogP contribution in [0, 0.1) is 0 Å². The maximum absolute atomic E-state index is 13.0. The molecule has 9 heteroatoms. The molecule has 0 fully saturated rings. The summed E-state index contributed by atoms with van der Waals surface area (Å²) in [6.07, 6.45) is 0.406. The molecule has 3 rings (SSSR count). The van der Waals surface area contributed by atoms with Crippen molar-refractivity contribution < 1.29 is 23.1 Å². The third-order valence-corrected chi connectivity index (χ3v) is 5.14. The first-order chi connectivity index (χ1) is 13.3. The van der Waals surface area contributed by atoms with E-state index in [1.165, 1.54) is 24.3 Å². The number of ketones is 2. The minimum absolute atomic E-state index is 0.0587. The van der Waals surface area contributed by atoms with Crippen molar-refractivity contribution in [2.75, 3.05) is 18.5 Å². The van der Waals surface area contributed by atoms with E-state index in [1.807, 2.05) is 0 Å². The zero-order valence-corrected chi connectivity index (χ0v) is 15.6. The molecule has 0 saturated carbocycles. The molecule has 0 aromatic heterocycles. The third kappa shape index (κ3) is 3.96. The lowest BCUT2D eigenvalue weighted by molar-refractivity contribution is 0.0969. The maximum Gasteiger partial charge on any atom is 0.238 e. The molecule has 28 heavy (non-hydrogen) atoms. The number of anilines is 1. The predicted molar refractivity (Wildman–Crippen MR) is 103 cm³/mol. The number of allylic oxidation sites excluding steroid dienone is 2. The summed E-state index contributed by atoms with van der Waals surface area (Å²) in [7, 11) is -3.83. The summed E-state index contributed by atoms with van der Waals surface area (Å²) in [5, 5.41) is 19.9. The fourth-order valence-corrected chi connectivity index (χ4v) is 3.34. The summed E-state index contributed by atoms with van der Waals surface area (Å²) in [5.41, 5.74) is 1.17. The fraction of sp³-hybridized carbons (Fsp3) is 0.158. The highest BCUT2D eigenvalue weighted by Gasteiger charge is 2.32. The number of Topliss-reactive ketones (excluding diaryl/α,β-unsaturated/α-hetero) is 2. The molecule has 0 unspecified atom stereocenters. The maximum atomic E-state index is 13.0. The van der Waals surface area contributed by atoms with Gasteiger partial charge in [0.2, 0.25) is 21.6 Å². The van der Waals surface area contributed by atoms with Crippen molar-refractivity contribution in [2.24, 2.45) is 5.14 Å². The Bertz CT molecular complexity index is 1060. The summed E-state index contributed by atoms with van der Waals surface area (Å²) < 4.78 is 22.8. The Hall–Kier alpha value is -3.01. The highest BCUT2D eigenvalue weighted by Crippen LogP contribution is 2.26. The Kier molecular flexibility index (Phi) is 5.59. The van der Waals surface area contributed by atoms with Gasteiger partial charge in [-0.25, -0.2) is 13.6 Å². The van der Waals surface area contributed by atoms with Gasteiger partial charge in [0, 0.05) is 30.0 Å².